The number of rotatable bonds is 5. The summed E-state index contributed by atoms with van der Waals surface area (Å²) in [6.45, 7) is 14.5. The first-order chi connectivity index (χ1) is 9.52. The molecule has 2 fully saturated rings. The van der Waals surface area contributed by atoms with E-state index in [4.69, 9.17) is 0 Å². The number of hydrogen-bond donors (Lipinski definition) is 1. The summed E-state index contributed by atoms with van der Waals surface area (Å²) in [5.41, 5.74) is 0.864. The van der Waals surface area contributed by atoms with E-state index in [0.717, 1.165) is 5.92 Å². The van der Waals surface area contributed by atoms with Gasteiger partial charge in [0.1, 0.15) is 0 Å². The summed E-state index contributed by atoms with van der Waals surface area (Å²) in [6.07, 6.45) is 9.50. The van der Waals surface area contributed by atoms with Crippen molar-refractivity contribution in [3.05, 3.63) is 0 Å². The van der Waals surface area contributed by atoms with Gasteiger partial charge in [-0.15, -0.1) is 0 Å². The lowest BCUT2D eigenvalue weighted by atomic mass is 9.80. The third-order valence-electron chi connectivity index (χ3n) is 6.47. The molecule has 1 saturated heterocycles. The van der Waals surface area contributed by atoms with Gasteiger partial charge in [0.2, 0.25) is 0 Å². The van der Waals surface area contributed by atoms with Crippen LogP contribution in [0.25, 0.3) is 0 Å². The van der Waals surface area contributed by atoms with Gasteiger partial charge < -0.3 is 5.32 Å². The first-order valence-electron chi connectivity index (χ1n) is 9.04. The molecule has 0 aromatic carbocycles. The van der Waals surface area contributed by atoms with Crippen LogP contribution < -0.4 is 5.32 Å². The average Bonchev–Trinajstić information content (AvgIpc) is 2.89. The predicted molar refractivity (Wildman–Crippen MR) is 88.1 cm³/mol. The molecule has 0 bridgehead atoms. The van der Waals surface area contributed by atoms with Crippen LogP contribution in [0.1, 0.15) is 79.6 Å². The second-order valence-electron chi connectivity index (χ2n) is 7.59. The van der Waals surface area contributed by atoms with Gasteiger partial charge >= 0.3 is 0 Å². The van der Waals surface area contributed by atoms with Crippen LogP contribution in [0, 0.1) is 5.92 Å². The van der Waals surface area contributed by atoms with Crippen LogP contribution in [0.4, 0.5) is 0 Å². The van der Waals surface area contributed by atoms with Gasteiger partial charge in [-0.1, -0.05) is 47.5 Å². The van der Waals surface area contributed by atoms with E-state index in [1.807, 2.05) is 0 Å². The number of nitrogens with zero attached hydrogens (tertiary/aromatic N) is 1. The van der Waals surface area contributed by atoms with E-state index in [2.05, 4.69) is 44.8 Å². The molecule has 0 radical (unpaired) electrons. The Balaban J connectivity index is 2.26. The first-order valence-corrected chi connectivity index (χ1v) is 9.04. The number of nitrogens with one attached hydrogen (secondary N) is 1. The molecule has 1 atom stereocenters. The Morgan fingerprint density at radius 1 is 1.10 bits per heavy atom. The summed E-state index contributed by atoms with van der Waals surface area (Å²) in [6, 6.07) is 0.709. The van der Waals surface area contributed by atoms with Crippen LogP contribution in [0.2, 0.25) is 0 Å². The van der Waals surface area contributed by atoms with Crippen LogP contribution in [0.15, 0.2) is 0 Å². The number of piperazine rings is 1. The SMILES string of the molecule is CCC(CC)(CC)N1CC2(CCCC2)NCC1C(C)C. The van der Waals surface area contributed by atoms with Gasteiger partial charge in [0.05, 0.1) is 0 Å². The maximum Gasteiger partial charge on any atom is 0.0309 e. The highest BCUT2D eigenvalue weighted by Crippen LogP contribution is 2.40. The molecule has 1 aliphatic heterocycles. The fourth-order valence-corrected chi connectivity index (χ4v) is 4.79. The van der Waals surface area contributed by atoms with Crippen molar-refractivity contribution in [2.75, 3.05) is 13.1 Å². The van der Waals surface area contributed by atoms with E-state index in [1.165, 1.54) is 58.0 Å². The molecular weight excluding hydrogens is 244 g/mol. The molecule has 2 heteroatoms. The van der Waals surface area contributed by atoms with E-state index in [9.17, 15) is 0 Å². The summed E-state index contributed by atoms with van der Waals surface area (Å²) < 4.78 is 0. The highest BCUT2D eigenvalue weighted by molar-refractivity contribution is 5.06. The number of hydrogen-bond acceptors (Lipinski definition) is 2. The van der Waals surface area contributed by atoms with Crippen LogP contribution >= 0.6 is 0 Å². The Labute approximate surface area is 126 Å². The molecule has 1 aliphatic carbocycles. The smallest absolute Gasteiger partial charge is 0.0309 e. The summed E-state index contributed by atoms with van der Waals surface area (Å²) in [7, 11) is 0. The van der Waals surface area contributed by atoms with E-state index in [1.54, 1.807) is 0 Å². The zero-order chi connectivity index (χ0) is 14.8. The molecule has 0 aromatic rings. The van der Waals surface area contributed by atoms with Gasteiger partial charge in [-0.2, -0.15) is 0 Å². The van der Waals surface area contributed by atoms with Crippen molar-refractivity contribution in [3.63, 3.8) is 0 Å². The molecule has 1 saturated carbocycles. The molecule has 1 unspecified atom stereocenters. The topological polar surface area (TPSA) is 15.3 Å². The Bertz CT molecular complexity index is 292. The van der Waals surface area contributed by atoms with Crippen LogP contribution in [-0.2, 0) is 0 Å². The normalized spacial score (nSPS) is 27.6. The molecule has 2 rings (SSSR count). The lowest BCUT2D eigenvalue weighted by molar-refractivity contribution is -0.0397. The Morgan fingerprint density at radius 2 is 1.65 bits per heavy atom. The third kappa shape index (κ3) is 2.78. The zero-order valence-corrected chi connectivity index (χ0v) is 14.5. The zero-order valence-electron chi connectivity index (χ0n) is 14.5. The van der Waals surface area contributed by atoms with E-state index in [0.29, 0.717) is 17.1 Å². The Kier molecular flexibility index (Phi) is 5.18. The Hall–Kier alpha value is -0.0800. The summed E-state index contributed by atoms with van der Waals surface area (Å²) >= 11 is 0. The Morgan fingerprint density at radius 3 is 2.10 bits per heavy atom. The molecule has 2 nitrogen and oxygen atoms in total. The van der Waals surface area contributed by atoms with E-state index < -0.39 is 0 Å². The highest BCUT2D eigenvalue weighted by Gasteiger charge is 2.47. The van der Waals surface area contributed by atoms with Crippen molar-refractivity contribution in [3.8, 4) is 0 Å². The molecule has 2 aliphatic rings. The van der Waals surface area contributed by atoms with Crippen molar-refractivity contribution in [2.24, 2.45) is 5.92 Å². The molecule has 118 valence electrons. The van der Waals surface area contributed by atoms with Crippen molar-refractivity contribution in [2.45, 2.75) is 96.7 Å². The van der Waals surface area contributed by atoms with Crippen LogP contribution in [0.5, 0.6) is 0 Å². The lowest BCUT2D eigenvalue weighted by Crippen LogP contribution is -2.69. The minimum absolute atomic E-state index is 0.423. The van der Waals surface area contributed by atoms with Crippen molar-refractivity contribution in [1.29, 1.82) is 0 Å². The minimum Gasteiger partial charge on any atom is -0.308 e. The maximum atomic E-state index is 3.96. The van der Waals surface area contributed by atoms with Gasteiger partial charge in [0, 0.05) is 30.2 Å². The molecule has 0 aromatic heterocycles. The van der Waals surface area contributed by atoms with Crippen LogP contribution in [0.3, 0.4) is 0 Å². The highest BCUT2D eigenvalue weighted by atomic mass is 15.3. The summed E-state index contributed by atoms with van der Waals surface area (Å²) in [5.74, 6) is 0.741. The minimum atomic E-state index is 0.423. The fourth-order valence-electron chi connectivity index (χ4n) is 4.79. The van der Waals surface area contributed by atoms with E-state index >= 15 is 0 Å². The van der Waals surface area contributed by atoms with Crippen molar-refractivity contribution >= 4 is 0 Å². The molecule has 1 spiro atoms. The fraction of sp³-hybridized carbons (Fsp3) is 1.00. The molecule has 1 N–H and O–H groups in total. The summed E-state index contributed by atoms with van der Waals surface area (Å²) in [5, 5.41) is 3.96. The standard InChI is InChI=1S/C18H36N2/c1-6-18(7-2,8-3)20-14-17(11-9-10-12-17)19-13-16(20)15(4)5/h15-16,19H,6-14H2,1-5H3. The van der Waals surface area contributed by atoms with Gasteiger partial charge in [0.15, 0.2) is 0 Å². The second-order valence-corrected chi connectivity index (χ2v) is 7.59. The predicted octanol–water partition coefficient (Wildman–Crippen LogP) is 4.20. The van der Waals surface area contributed by atoms with Gasteiger partial charge in [-0.25, -0.2) is 0 Å². The van der Waals surface area contributed by atoms with Gasteiger partial charge in [-0.3, -0.25) is 4.90 Å². The lowest BCUT2D eigenvalue weighted by Gasteiger charge is -2.56. The van der Waals surface area contributed by atoms with Gasteiger partial charge in [-0.05, 0) is 38.0 Å². The molecule has 20 heavy (non-hydrogen) atoms. The van der Waals surface area contributed by atoms with E-state index in [-0.39, 0.29) is 0 Å². The van der Waals surface area contributed by atoms with Crippen molar-refractivity contribution < 1.29 is 0 Å². The van der Waals surface area contributed by atoms with Gasteiger partial charge in [0.25, 0.3) is 0 Å². The first kappa shape index (κ1) is 16.3. The second kappa shape index (κ2) is 6.36. The molecule has 0 amide bonds. The molecular formula is C18H36N2. The quantitative estimate of drug-likeness (QED) is 0.812. The largest absolute Gasteiger partial charge is 0.308 e. The monoisotopic (exact) mass is 280 g/mol. The van der Waals surface area contributed by atoms with Crippen molar-refractivity contribution in [1.82, 2.24) is 10.2 Å². The third-order valence-corrected chi connectivity index (χ3v) is 6.47. The summed E-state index contributed by atoms with van der Waals surface area (Å²) in [4.78, 5) is 2.93. The van der Waals surface area contributed by atoms with Crippen LogP contribution in [-0.4, -0.2) is 35.1 Å². The average molecular weight is 280 g/mol. The maximum absolute atomic E-state index is 3.96. The molecule has 1 heterocycles.